The van der Waals surface area contributed by atoms with Crippen LogP contribution in [-0.2, 0) is 20.7 Å². The number of rotatable bonds is 7. The minimum absolute atomic E-state index is 0.238. The molecule has 2 N–H and O–H groups in total. The topological polar surface area (TPSA) is 91.0 Å². The maximum absolute atomic E-state index is 12.4. The number of hydrogen-bond donors (Lipinski definition) is 2. The zero-order valence-electron chi connectivity index (χ0n) is 19.4. The lowest BCUT2D eigenvalue weighted by atomic mass is 10.1. The molecule has 8 nitrogen and oxygen atoms in total. The zero-order chi connectivity index (χ0) is 23.0. The molecule has 1 atom stereocenters. The van der Waals surface area contributed by atoms with Crippen LogP contribution in [0, 0.1) is 0 Å². The van der Waals surface area contributed by atoms with Gasteiger partial charge in [0.1, 0.15) is 11.6 Å². The van der Waals surface area contributed by atoms with Crippen LogP contribution in [0.1, 0.15) is 58.4 Å². The van der Waals surface area contributed by atoms with E-state index in [4.69, 9.17) is 4.74 Å². The Morgan fingerprint density at radius 2 is 1.77 bits per heavy atom. The van der Waals surface area contributed by atoms with E-state index in [2.05, 4.69) is 40.0 Å². The van der Waals surface area contributed by atoms with E-state index in [1.807, 2.05) is 14.1 Å². The molecule has 31 heavy (non-hydrogen) atoms. The van der Waals surface area contributed by atoms with Crippen molar-refractivity contribution in [2.45, 2.75) is 70.9 Å². The highest BCUT2D eigenvalue weighted by atomic mass is 16.6. The van der Waals surface area contributed by atoms with E-state index in [0.29, 0.717) is 19.4 Å². The second kappa shape index (κ2) is 11.0. The van der Waals surface area contributed by atoms with Crippen molar-refractivity contribution in [2.75, 3.05) is 25.5 Å². The van der Waals surface area contributed by atoms with Gasteiger partial charge < -0.3 is 9.64 Å². The van der Waals surface area contributed by atoms with Crippen LogP contribution in [0.15, 0.2) is 24.3 Å². The summed E-state index contributed by atoms with van der Waals surface area (Å²) >= 11 is 0. The highest BCUT2D eigenvalue weighted by molar-refractivity contribution is 5.88. The average molecular weight is 433 g/mol. The lowest BCUT2D eigenvalue weighted by Gasteiger charge is -2.28. The summed E-state index contributed by atoms with van der Waals surface area (Å²) in [5, 5.41) is 0. The average Bonchev–Trinajstić information content (AvgIpc) is 3.18. The zero-order valence-corrected chi connectivity index (χ0v) is 19.4. The van der Waals surface area contributed by atoms with Crippen LogP contribution in [0.3, 0.4) is 0 Å². The largest absolute Gasteiger partial charge is 0.444 e. The Bertz CT molecular complexity index is 756. The molecule has 172 valence electrons. The van der Waals surface area contributed by atoms with Gasteiger partial charge in [0, 0.05) is 32.7 Å². The van der Waals surface area contributed by atoms with Crippen LogP contribution in [0.4, 0.5) is 10.5 Å². The molecule has 0 saturated carbocycles. The van der Waals surface area contributed by atoms with Gasteiger partial charge in [-0.15, -0.1) is 0 Å². The molecule has 2 rings (SSSR count). The summed E-state index contributed by atoms with van der Waals surface area (Å²) in [7, 11) is 4.02. The molecule has 1 saturated heterocycles. The molecule has 1 fully saturated rings. The lowest BCUT2D eigenvalue weighted by molar-refractivity contribution is -0.131. The van der Waals surface area contributed by atoms with Crippen LogP contribution in [0.25, 0.3) is 0 Å². The Labute approximate surface area is 185 Å². The van der Waals surface area contributed by atoms with Crippen molar-refractivity contribution in [1.82, 2.24) is 15.8 Å². The maximum atomic E-state index is 12.4. The van der Waals surface area contributed by atoms with Gasteiger partial charge in [-0.05, 0) is 70.6 Å². The Balaban J connectivity index is 1.68. The second-order valence-electron chi connectivity index (χ2n) is 9.14. The number of hydrogen-bond acceptors (Lipinski definition) is 5. The normalized spacial score (nSPS) is 16.0. The molecule has 0 bridgehead atoms. The third-order valence-corrected chi connectivity index (χ3v) is 5.08. The van der Waals surface area contributed by atoms with Gasteiger partial charge in [-0.2, -0.15) is 0 Å². The van der Waals surface area contributed by atoms with E-state index < -0.39 is 23.6 Å². The van der Waals surface area contributed by atoms with Gasteiger partial charge >= 0.3 is 6.09 Å². The molecular weight excluding hydrogens is 396 g/mol. The molecule has 1 unspecified atom stereocenters. The van der Waals surface area contributed by atoms with Gasteiger partial charge in [-0.25, -0.2) is 4.79 Å². The summed E-state index contributed by atoms with van der Waals surface area (Å²) in [4.78, 5) is 40.3. The molecular formula is C23H36N4O4. The van der Waals surface area contributed by atoms with Crippen LogP contribution in [0.5, 0.6) is 0 Å². The Kier molecular flexibility index (Phi) is 8.71. The Morgan fingerprint density at radius 1 is 1.10 bits per heavy atom. The summed E-state index contributed by atoms with van der Waals surface area (Å²) < 4.78 is 5.36. The van der Waals surface area contributed by atoms with Crippen molar-refractivity contribution >= 4 is 23.6 Å². The van der Waals surface area contributed by atoms with E-state index >= 15 is 0 Å². The molecule has 1 aromatic rings. The van der Waals surface area contributed by atoms with Crippen molar-refractivity contribution < 1.29 is 19.1 Å². The number of hydrazine groups is 1. The minimum Gasteiger partial charge on any atom is -0.444 e. The number of likely N-dealkylation sites (tertiary alicyclic amines) is 1. The number of carbonyl (C=O) groups is 3. The van der Waals surface area contributed by atoms with Crippen molar-refractivity contribution in [3.63, 3.8) is 0 Å². The van der Waals surface area contributed by atoms with E-state index in [1.165, 1.54) is 10.5 Å². The number of benzene rings is 1. The van der Waals surface area contributed by atoms with Crippen molar-refractivity contribution in [2.24, 2.45) is 0 Å². The monoisotopic (exact) mass is 432 g/mol. The first-order valence-corrected chi connectivity index (χ1v) is 10.9. The molecule has 1 aromatic carbocycles. The third kappa shape index (κ3) is 8.11. The fourth-order valence-corrected chi connectivity index (χ4v) is 3.43. The number of anilines is 1. The molecule has 0 aromatic heterocycles. The molecule has 0 aliphatic carbocycles. The summed E-state index contributed by atoms with van der Waals surface area (Å²) in [6.45, 7) is 5.83. The van der Waals surface area contributed by atoms with Crippen LogP contribution in [-0.4, -0.2) is 55.1 Å². The highest BCUT2D eigenvalue weighted by Crippen LogP contribution is 2.21. The third-order valence-electron chi connectivity index (χ3n) is 5.08. The van der Waals surface area contributed by atoms with Crippen LogP contribution in [0.2, 0.25) is 0 Å². The SMILES string of the molecule is CN(C)c1ccc(CCCCC(=O)NNC(=O)C2CCCN2C(=O)OC(C)(C)C)cc1. The van der Waals surface area contributed by atoms with E-state index in [1.54, 1.807) is 20.8 Å². The summed E-state index contributed by atoms with van der Waals surface area (Å²) in [6, 6.07) is 7.75. The number of unbranched alkanes of at least 4 members (excludes halogenated alkanes) is 1. The smallest absolute Gasteiger partial charge is 0.410 e. The second-order valence-corrected chi connectivity index (χ2v) is 9.14. The quantitative estimate of drug-likeness (QED) is 0.511. The molecule has 3 amide bonds. The molecule has 0 spiro atoms. The number of aryl methyl sites for hydroxylation is 1. The predicted molar refractivity (Wildman–Crippen MR) is 121 cm³/mol. The Morgan fingerprint density at radius 3 is 2.39 bits per heavy atom. The molecule has 1 aliphatic rings. The minimum atomic E-state index is -0.625. The highest BCUT2D eigenvalue weighted by Gasteiger charge is 2.36. The van der Waals surface area contributed by atoms with Gasteiger partial charge in [0.05, 0.1) is 0 Å². The first-order chi connectivity index (χ1) is 14.6. The summed E-state index contributed by atoms with van der Waals surface area (Å²) in [6.07, 6.45) is 3.61. The van der Waals surface area contributed by atoms with E-state index in [9.17, 15) is 14.4 Å². The number of carbonyl (C=O) groups excluding carboxylic acids is 3. The number of ether oxygens (including phenoxy) is 1. The number of amides is 3. The van der Waals surface area contributed by atoms with Crippen LogP contribution >= 0.6 is 0 Å². The predicted octanol–water partition coefficient (Wildman–Crippen LogP) is 3.01. The van der Waals surface area contributed by atoms with E-state index in [0.717, 1.165) is 31.4 Å². The first kappa shape index (κ1) is 24.5. The molecule has 0 radical (unpaired) electrons. The first-order valence-electron chi connectivity index (χ1n) is 10.9. The van der Waals surface area contributed by atoms with Gasteiger partial charge in [0.2, 0.25) is 5.91 Å². The van der Waals surface area contributed by atoms with Gasteiger partial charge in [0.25, 0.3) is 5.91 Å². The fourth-order valence-electron chi connectivity index (χ4n) is 3.43. The van der Waals surface area contributed by atoms with E-state index in [-0.39, 0.29) is 5.91 Å². The number of nitrogens with one attached hydrogen (secondary N) is 2. The lowest BCUT2D eigenvalue weighted by Crippen LogP contribution is -2.52. The van der Waals surface area contributed by atoms with Crippen molar-refractivity contribution in [1.29, 1.82) is 0 Å². The van der Waals surface area contributed by atoms with Crippen molar-refractivity contribution in [3.8, 4) is 0 Å². The Hall–Kier alpha value is -2.77. The maximum Gasteiger partial charge on any atom is 0.410 e. The van der Waals surface area contributed by atoms with Gasteiger partial charge in [0.15, 0.2) is 0 Å². The van der Waals surface area contributed by atoms with Gasteiger partial charge in [-0.1, -0.05) is 12.1 Å². The fraction of sp³-hybridized carbons (Fsp3) is 0.609. The summed E-state index contributed by atoms with van der Waals surface area (Å²) in [5.41, 5.74) is 6.69. The number of nitrogens with zero attached hydrogens (tertiary/aromatic N) is 2. The summed E-state index contributed by atoms with van der Waals surface area (Å²) in [5.74, 6) is -0.629. The molecule has 1 aliphatic heterocycles. The van der Waals surface area contributed by atoms with Crippen molar-refractivity contribution in [3.05, 3.63) is 29.8 Å². The van der Waals surface area contributed by atoms with Crippen LogP contribution < -0.4 is 15.8 Å². The molecule has 1 heterocycles. The standard InChI is InChI=1S/C23H36N4O4/c1-23(2,3)31-22(30)27-16-8-10-19(27)21(29)25-24-20(28)11-7-6-9-17-12-14-18(15-13-17)26(4)5/h12-15,19H,6-11,16H2,1-5H3,(H,24,28)(H,25,29). The molecule has 8 heteroatoms. The van der Waals surface area contributed by atoms with Gasteiger partial charge in [-0.3, -0.25) is 25.3 Å².